The molecule has 0 atom stereocenters. The molecule has 6 heteroatoms. The molecule has 1 heterocycles. The van der Waals surface area contributed by atoms with Crippen molar-refractivity contribution in [3.63, 3.8) is 0 Å². The molecule has 19 heavy (non-hydrogen) atoms. The van der Waals surface area contributed by atoms with Crippen molar-refractivity contribution in [2.45, 2.75) is 58.4 Å². The Labute approximate surface area is 127 Å². The summed E-state index contributed by atoms with van der Waals surface area (Å²) in [6.45, 7) is 10.3. The highest BCUT2D eigenvalue weighted by Crippen LogP contribution is 2.27. The van der Waals surface area contributed by atoms with Gasteiger partial charge in [-0.3, -0.25) is 4.79 Å². The van der Waals surface area contributed by atoms with Gasteiger partial charge in [-0.15, -0.1) is 5.10 Å². The molecule has 0 spiro atoms. The minimum atomic E-state index is -0.198. The molecule has 0 aliphatic carbocycles. The van der Waals surface area contributed by atoms with E-state index in [0.29, 0.717) is 4.88 Å². The van der Waals surface area contributed by atoms with Crippen molar-refractivity contribution in [1.29, 1.82) is 0 Å². The first-order valence-corrected chi connectivity index (χ1v) is 8.40. The highest BCUT2D eigenvalue weighted by molar-refractivity contribution is 9.09. The Kier molecular flexibility index (Phi) is 5.50. The molecule has 0 bridgehead atoms. The number of halogens is 1. The van der Waals surface area contributed by atoms with Gasteiger partial charge in [0.15, 0.2) is 0 Å². The highest BCUT2D eigenvalue weighted by Gasteiger charge is 2.31. The van der Waals surface area contributed by atoms with E-state index in [1.54, 1.807) is 0 Å². The summed E-state index contributed by atoms with van der Waals surface area (Å²) >= 11 is 4.67. The summed E-state index contributed by atoms with van der Waals surface area (Å²) < 4.78 is 3.94. The van der Waals surface area contributed by atoms with E-state index in [4.69, 9.17) is 0 Å². The van der Waals surface area contributed by atoms with Gasteiger partial charge in [-0.25, -0.2) is 0 Å². The Morgan fingerprint density at radius 3 is 2.32 bits per heavy atom. The monoisotopic (exact) mass is 347 g/mol. The van der Waals surface area contributed by atoms with Crippen LogP contribution in [-0.4, -0.2) is 26.4 Å². The molecule has 0 saturated heterocycles. The van der Waals surface area contributed by atoms with Crippen LogP contribution in [0.3, 0.4) is 0 Å². The SMILES string of the molecule is CCC(CC)(CBr)NC(=O)c1snnc1C(C)(C)C. The fraction of sp³-hybridized carbons (Fsp3) is 0.769. The predicted molar refractivity (Wildman–Crippen MR) is 83.2 cm³/mol. The minimum absolute atomic E-state index is 0.0666. The number of rotatable bonds is 5. The Balaban J connectivity index is 2.99. The minimum Gasteiger partial charge on any atom is -0.345 e. The van der Waals surface area contributed by atoms with Crippen LogP contribution in [0.25, 0.3) is 0 Å². The lowest BCUT2D eigenvalue weighted by Crippen LogP contribution is -2.49. The second-order valence-electron chi connectivity index (χ2n) is 5.78. The fourth-order valence-corrected chi connectivity index (χ4v) is 3.48. The van der Waals surface area contributed by atoms with Gasteiger partial charge in [0.25, 0.3) is 5.91 Å². The maximum Gasteiger partial charge on any atom is 0.265 e. The molecule has 0 radical (unpaired) electrons. The topological polar surface area (TPSA) is 54.9 Å². The average molecular weight is 348 g/mol. The molecule has 0 aliphatic rings. The van der Waals surface area contributed by atoms with Gasteiger partial charge in [-0.05, 0) is 24.4 Å². The third kappa shape index (κ3) is 3.75. The molecule has 0 saturated carbocycles. The summed E-state index contributed by atoms with van der Waals surface area (Å²) in [5.41, 5.74) is 0.399. The molecule has 1 amide bonds. The van der Waals surface area contributed by atoms with Crippen LogP contribution in [-0.2, 0) is 5.41 Å². The molecule has 1 rings (SSSR count). The van der Waals surface area contributed by atoms with Crippen molar-refractivity contribution < 1.29 is 4.79 Å². The van der Waals surface area contributed by atoms with Crippen LogP contribution in [0.1, 0.15) is 62.8 Å². The number of amides is 1. The van der Waals surface area contributed by atoms with Gasteiger partial charge in [0.2, 0.25) is 0 Å². The van der Waals surface area contributed by atoms with E-state index >= 15 is 0 Å². The molecule has 0 unspecified atom stereocenters. The summed E-state index contributed by atoms with van der Waals surface area (Å²) in [6.07, 6.45) is 1.77. The second kappa shape index (κ2) is 6.31. The Morgan fingerprint density at radius 2 is 1.89 bits per heavy atom. The quantitative estimate of drug-likeness (QED) is 0.829. The molecule has 108 valence electrons. The van der Waals surface area contributed by atoms with E-state index in [2.05, 4.69) is 44.7 Å². The maximum absolute atomic E-state index is 12.5. The van der Waals surface area contributed by atoms with Crippen LogP contribution in [0.4, 0.5) is 0 Å². The van der Waals surface area contributed by atoms with E-state index in [9.17, 15) is 4.79 Å². The molecule has 0 aliphatic heterocycles. The number of hydrogen-bond donors (Lipinski definition) is 1. The molecule has 1 aromatic rings. The number of hydrogen-bond acceptors (Lipinski definition) is 4. The molecular weight excluding hydrogens is 326 g/mol. The first kappa shape index (κ1) is 16.6. The Morgan fingerprint density at radius 1 is 1.32 bits per heavy atom. The first-order valence-electron chi connectivity index (χ1n) is 6.51. The predicted octanol–water partition coefficient (Wildman–Crippen LogP) is 3.52. The summed E-state index contributed by atoms with van der Waals surface area (Å²) in [5, 5.41) is 8.00. The third-order valence-electron chi connectivity index (χ3n) is 3.39. The Hall–Kier alpha value is -0.490. The summed E-state index contributed by atoms with van der Waals surface area (Å²) in [4.78, 5) is 13.1. The summed E-state index contributed by atoms with van der Waals surface area (Å²) in [5.74, 6) is -0.0666. The van der Waals surface area contributed by atoms with Crippen LogP contribution in [0, 0.1) is 0 Å². The normalized spacial score (nSPS) is 12.5. The number of nitrogens with zero attached hydrogens (tertiary/aromatic N) is 2. The lowest BCUT2D eigenvalue weighted by Gasteiger charge is -2.31. The van der Waals surface area contributed by atoms with Gasteiger partial charge in [0, 0.05) is 16.3 Å². The van der Waals surface area contributed by atoms with Gasteiger partial charge in [0.05, 0.1) is 5.69 Å². The molecule has 0 fully saturated rings. The number of alkyl halides is 1. The van der Waals surface area contributed by atoms with Gasteiger partial charge < -0.3 is 5.32 Å². The lowest BCUT2D eigenvalue weighted by atomic mass is 9.90. The number of carbonyl (C=O) groups is 1. The van der Waals surface area contributed by atoms with E-state index in [-0.39, 0.29) is 16.9 Å². The van der Waals surface area contributed by atoms with Crippen LogP contribution in [0.15, 0.2) is 0 Å². The van der Waals surface area contributed by atoms with Crippen LogP contribution in [0.5, 0.6) is 0 Å². The van der Waals surface area contributed by atoms with Crippen molar-refractivity contribution in [3.8, 4) is 0 Å². The third-order valence-corrected chi connectivity index (χ3v) is 5.19. The molecule has 0 aromatic carbocycles. The van der Waals surface area contributed by atoms with Gasteiger partial charge >= 0.3 is 0 Å². The fourth-order valence-electron chi connectivity index (χ4n) is 1.78. The molecule has 1 N–H and O–H groups in total. The summed E-state index contributed by atoms with van der Waals surface area (Å²) in [6, 6.07) is 0. The van der Waals surface area contributed by atoms with Crippen molar-refractivity contribution >= 4 is 33.4 Å². The van der Waals surface area contributed by atoms with Gasteiger partial charge in [0.1, 0.15) is 4.88 Å². The van der Waals surface area contributed by atoms with Crippen LogP contribution < -0.4 is 5.32 Å². The molecule has 4 nitrogen and oxygen atoms in total. The lowest BCUT2D eigenvalue weighted by molar-refractivity contribution is 0.0905. The number of carbonyl (C=O) groups excluding carboxylic acids is 1. The number of aromatic nitrogens is 2. The Bertz CT molecular complexity index is 427. The average Bonchev–Trinajstić information content (AvgIpc) is 2.85. The zero-order valence-corrected chi connectivity index (χ0v) is 14.6. The standard InChI is InChI=1S/C13H22BrN3OS/c1-6-13(7-2,8-14)15-11(18)9-10(12(3,4)5)16-17-19-9/h6-8H2,1-5H3,(H,15,18). The van der Waals surface area contributed by atoms with Crippen molar-refractivity contribution in [3.05, 3.63) is 10.6 Å². The largest absolute Gasteiger partial charge is 0.345 e. The van der Waals surface area contributed by atoms with Crippen molar-refractivity contribution in [2.24, 2.45) is 0 Å². The smallest absolute Gasteiger partial charge is 0.265 e. The zero-order chi connectivity index (χ0) is 14.7. The van der Waals surface area contributed by atoms with Crippen molar-refractivity contribution in [1.82, 2.24) is 14.9 Å². The van der Waals surface area contributed by atoms with E-state index in [0.717, 1.165) is 23.9 Å². The second-order valence-corrected chi connectivity index (χ2v) is 7.09. The van der Waals surface area contributed by atoms with E-state index in [1.807, 2.05) is 20.8 Å². The first-order chi connectivity index (χ1) is 8.79. The molecular formula is C13H22BrN3OS. The molecule has 1 aromatic heterocycles. The number of nitrogens with one attached hydrogen (secondary N) is 1. The van der Waals surface area contributed by atoms with E-state index in [1.165, 1.54) is 11.5 Å². The van der Waals surface area contributed by atoms with Gasteiger partial charge in [-0.2, -0.15) is 0 Å². The van der Waals surface area contributed by atoms with Crippen molar-refractivity contribution in [2.75, 3.05) is 5.33 Å². The summed E-state index contributed by atoms with van der Waals surface area (Å²) in [7, 11) is 0. The van der Waals surface area contributed by atoms with E-state index < -0.39 is 0 Å². The maximum atomic E-state index is 12.5. The van der Waals surface area contributed by atoms with Gasteiger partial charge in [-0.1, -0.05) is 55.0 Å². The van der Waals surface area contributed by atoms with Crippen LogP contribution >= 0.6 is 27.5 Å². The zero-order valence-electron chi connectivity index (χ0n) is 12.2. The van der Waals surface area contributed by atoms with Crippen LogP contribution in [0.2, 0.25) is 0 Å². The highest BCUT2D eigenvalue weighted by atomic mass is 79.9.